The highest BCUT2D eigenvalue weighted by atomic mass is 79.9. The molecule has 0 amide bonds. The second kappa shape index (κ2) is 6.02. The van der Waals surface area contributed by atoms with Crippen molar-refractivity contribution in [2.24, 2.45) is 0 Å². The highest BCUT2D eigenvalue weighted by molar-refractivity contribution is 9.10. The van der Waals surface area contributed by atoms with Crippen LogP contribution in [0, 0.1) is 0 Å². The molecule has 0 atom stereocenters. The van der Waals surface area contributed by atoms with E-state index in [4.69, 9.17) is 17.3 Å². The third-order valence-corrected chi connectivity index (χ3v) is 4.29. The zero-order valence-electron chi connectivity index (χ0n) is 11.5. The lowest BCUT2D eigenvalue weighted by atomic mass is 10.1. The Balaban J connectivity index is 2.59. The molecular weight excluding hydrogens is 338 g/mol. The Labute approximate surface area is 132 Å². The van der Waals surface area contributed by atoms with Gasteiger partial charge in [-0.05, 0) is 28.1 Å². The van der Waals surface area contributed by atoms with Gasteiger partial charge in [-0.25, -0.2) is 4.98 Å². The summed E-state index contributed by atoms with van der Waals surface area (Å²) in [5.41, 5.74) is 7.93. The van der Waals surface area contributed by atoms with Crippen molar-refractivity contribution >= 4 is 33.3 Å². The van der Waals surface area contributed by atoms with E-state index in [2.05, 4.69) is 41.3 Å². The molecule has 0 radical (unpaired) electrons. The quantitative estimate of drug-likeness (QED) is 0.797. The minimum atomic E-state index is 0.289. The molecule has 2 N–H and O–H groups in total. The van der Waals surface area contributed by atoms with Crippen molar-refractivity contribution in [1.29, 1.82) is 0 Å². The average molecular weight is 355 g/mol. The maximum atomic E-state index is 6.25. The molecule has 0 spiro atoms. The topological polar surface area (TPSA) is 43.8 Å². The predicted molar refractivity (Wildman–Crippen MR) is 89.1 cm³/mol. The van der Waals surface area contributed by atoms with Crippen LogP contribution in [0.2, 0.25) is 5.02 Å². The lowest BCUT2D eigenvalue weighted by Crippen LogP contribution is -2.07. The lowest BCUT2D eigenvalue weighted by molar-refractivity contribution is 0.684. The van der Waals surface area contributed by atoms with Crippen LogP contribution in [0.5, 0.6) is 0 Å². The van der Waals surface area contributed by atoms with Gasteiger partial charge in [0.25, 0.3) is 0 Å². The van der Waals surface area contributed by atoms with Crippen molar-refractivity contribution in [3.8, 4) is 11.3 Å². The van der Waals surface area contributed by atoms with Crippen LogP contribution < -0.4 is 5.73 Å². The van der Waals surface area contributed by atoms with Crippen LogP contribution in [0.15, 0.2) is 35.3 Å². The summed E-state index contributed by atoms with van der Waals surface area (Å²) >= 11 is 9.53. The number of nitrogens with two attached hydrogens (primary N) is 1. The van der Waals surface area contributed by atoms with Crippen molar-refractivity contribution in [2.75, 3.05) is 5.73 Å². The van der Waals surface area contributed by atoms with E-state index in [1.54, 1.807) is 0 Å². The zero-order valence-corrected chi connectivity index (χ0v) is 13.9. The fourth-order valence-corrected chi connectivity index (χ4v) is 2.53. The summed E-state index contributed by atoms with van der Waals surface area (Å²) in [6.07, 6.45) is 1.82. The van der Waals surface area contributed by atoms with Crippen molar-refractivity contribution in [1.82, 2.24) is 9.55 Å². The summed E-state index contributed by atoms with van der Waals surface area (Å²) in [7, 11) is 0. The Bertz CT molecular complexity index is 647. The molecule has 0 aliphatic rings. The van der Waals surface area contributed by atoms with Crippen LogP contribution in [0.3, 0.4) is 0 Å². The molecule has 106 valence electrons. The number of nitrogen functional groups attached to an aromatic ring is 1. The molecule has 1 aromatic carbocycles. The van der Waals surface area contributed by atoms with Gasteiger partial charge in [0.05, 0.1) is 5.02 Å². The molecule has 0 aliphatic carbocycles. The molecule has 0 bridgehead atoms. The van der Waals surface area contributed by atoms with Crippen LogP contribution in [0.25, 0.3) is 11.3 Å². The first kappa shape index (κ1) is 15.1. The van der Waals surface area contributed by atoms with Crippen LogP contribution >= 0.6 is 27.5 Å². The standard InChI is InChI=1S/C15H17BrClN3/c1-4-7-20-14(18)13(19-15(20)9(2)3)10-5-6-11(16)12(17)8-10/h4-6,8-9H,1,7,18H2,2-3H3. The maximum absolute atomic E-state index is 6.25. The van der Waals surface area contributed by atoms with Gasteiger partial charge in [-0.15, -0.1) is 6.58 Å². The van der Waals surface area contributed by atoms with Gasteiger partial charge in [-0.3, -0.25) is 0 Å². The average Bonchev–Trinajstić information content (AvgIpc) is 2.72. The van der Waals surface area contributed by atoms with E-state index in [1.165, 1.54) is 0 Å². The van der Waals surface area contributed by atoms with E-state index in [0.29, 0.717) is 17.4 Å². The van der Waals surface area contributed by atoms with Gasteiger partial charge >= 0.3 is 0 Å². The number of aromatic nitrogens is 2. The van der Waals surface area contributed by atoms with Crippen LogP contribution in [-0.4, -0.2) is 9.55 Å². The number of halogens is 2. The molecule has 1 heterocycles. The first-order valence-corrected chi connectivity index (χ1v) is 7.55. The smallest absolute Gasteiger partial charge is 0.132 e. The normalized spacial score (nSPS) is 11.1. The zero-order chi connectivity index (χ0) is 14.9. The number of hydrogen-bond acceptors (Lipinski definition) is 2. The second-order valence-corrected chi connectivity index (χ2v) is 6.15. The number of imidazole rings is 1. The molecule has 3 nitrogen and oxygen atoms in total. The maximum Gasteiger partial charge on any atom is 0.132 e. The number of rotatable bonds is 4. The van der Waals surface area contributed by atoms with E-state index in [1.807, 2.05) is 28.8 Å². The highest BCUT2D eigenvalue weighted by Gasteiger charge is 2.18. The van der Waals surface area contributed by atoms with Crippen molar-refractivity contribution < 1.29 is 0 Å². The van der Waals surface area contributed by atoms with Gasteiger partial charge in [0, 0.05) is 22.5 Å². The fourth-order valence-electron chi connectivity index (χ4n) is 2.10. The van der Waals surface area contributed by atoms with E-state index in [0.717, 1.165) is 21.6 Å². The molecule has 0 unspecified atom stereocenters. The van der Waals surface area contributed by atoms with Crippen molar-refractivity contribution in [2.45, 2.75) is 26.3 Å². The fraction of sp³-hybridized carbons (Fsp3) is 0.267. The van der Waals surface area contributed by atoms with Gasteiger partial charge < -0.3 is 10.3 Å². The molecule has 1 aromatic heterocycles. The van der Waals surface area contributed by atoms with Gasteiger partial charge in [0.15, 0.2) is 0 Å². The minimum absolute atomic E-state index is 0.289. The predicted octanol–water partition coefficient (Wildman–Crippen LogP) is 4.86. The van der Waals surface area contributed by atoms with Crippen LogP contribution in [0.4, 0.5) is 5.82 Å². The molecule has 2 rings (SSSR count). The number of benzene rings is 1. The van der Waals surface area contributed by atoms with Gasteiger partial charge in [0.2, 0.25) is 0 Å². The first-order valence-electron chi connectivity index (χ1n) is 6.38. The summed E-state index contributed by atoms with van der Waals surface area (Å²) in [5, 5.41) is 0.645. The Morgan fingerprint density at radius 3 is 2.75 bits per heavy atom. The van der Waals surface area contributed by atoms with E-state index >= 15 is 0 Å². The lowest BCUT2D eigenvalue weighted by Gasteiger charge is -2.09. The number of hydrogen-bond donors (Lipinski definition) is 1. The van der Waals surface area contributed by atoms with Gasteiger partial charge in [-0.1, -0.05) is 37.6 Å². The molecule has 5 heteroatoms. The molecule has 2 aromatic rings. The van der Waals surface area contributed by atoms with E-state index < -0.39 is 0 Å². The van der Waals surface area contributed by atoms with Gasteiger partial charge in [-0.2, -0.15) is 0 Å². The molecule has 0 aliphatic heterocycles. The van der Waals surface area contributed by atoms with E-state index in [9.17, 15) is 0 Å². The first-order chi connectivity index (χ1) is 9.45. The molecular formula is C15H17BrClN3. The summed E-state index contributed by atoms with van der Waals surface area (Å²) in [5.74, 6) is 1.89. The molecule has 0 saturated heterocycles. The Morgan fingerprint density at radius 1 is 1.50 bits per heavy atom. The monoisotopic (exact) mass is 353 g/mol. The SMILES string of the molecule is C=CCn1c(C(C)C)nc(-c2ccc(Br)c(Cl)c2)c1N. The molecule has 0 fully saturated rings. The Hall–Kier alpha value is -1.26. The summed E-state index contributed by atoms with van der Waals surface area (Å²) < 4.78 is 2.85. The third kappa shape index (κ3) is 2.76. The number of allylic oxidation sites excluding steroid dienone is 1. The number of anilines is 1. The number of nitrogens with zero attached hydrogens (tertiary/aromatic N) is 2. The van der Waals surface area contributed by atoms with Gasteiger partial charge in [0.1, 0.15) is 17.3 Å². The van der Waals surface area contributed by atoms with Crippen molar-refractivity contribution in [3.05, 3.63) is 46.2 Å². The summed E-state index contributed by atoms with van der Waals surface area (Å²) in [4.78, 5) is 4.69. The summed E-state index contributed by atoms with van der Waals surface area (Å²) in [6.45, 7) is 8.62. The van der Waals surface area contributed by atoms with Crippen molar-refractivity contribution in [3.63, 3.8) is 0 Å². The Morgan fingerprint density at radius 2 is 2.20 bits per heavy atom. The second-order valence-electron chi connectivity index (χ2n) is 4.89. The minimum Gasteiger partial charge on any atom is -0.383 e. The molecule has 20 heavy (non-hydrogen) atoms. The largest absolute Gasteiger partial charge is 0.383 e. The molecule has 0 saturated carbocycles. The van der Waals surface area contributed by atoms with Crippen LogP contribution in [0.1, 0.15) is 25.6 Å². The van der Waals surface area contributed by atoms with E-state index in [-0.39, 0.29) is 5.92 Å². The van der Waals surface area contributed by atoms with Crippen LogP contribution in [-0.2, 0) is 6.54 Å². The summed E-state index contributed by atoms with van der Waals surface area (Å²) in [6, 6.07) is 5.72. The highest BCUT2D eigenvalue weighted by Crippen LogP contribution is 2.33. The Kier molecular flexibility index (Phi) is 4.55. The third-order valence-electron chi connectivity index (χ3n) is 3.06.